The molecule has 0 aliphatic carbocycles. The predicted octanol–water partition coefficient (Wildman–Crippen LogP) is 0.916. The lowest BCUT2D eigenvalue weighted by Crippen LogP contribution is -2.52. The molecule has 134 valence electrons. The highest BCUT2D eigenvalue weighted by Crippen LogP contribution is 2.23. The Bertz CT molecular complexity index is 662. The van der Waals surface area contributed by atoms with E-state index in [1.807, 2.05) is 18.2 Å². The number of rotatable bonds is 2. The topological polar surface area (TPSA) is 73.0 Å². The van der Waals surface area contributed by atoms with Crippen molar-refractivity contribution < 1.29 is 14.4 Å². The van der Waals surface area contributed by atoms with Crippen molar-refractivity contribution in [2.75, 3.05) is 49.5 Å². The van der Waals surface area contributed by atoms with Crippen LogP contribution in [0.15, 0.2) is 24.3 Å². The van der Waals surface area contributed by atoms with E-state index in [9.17, 15) is 14.4 Å². The van der Waals surface area contributed by atoms with Crippen molar-refractivity contribution in [2.45, 2.75) is 19.8 Å². The first kappa shape index (κ1) is 17.3. The van der Waals surface area contributed by atoms with E-state index < -0.39 is 11.8 Å². The molecule has 1 aromatic rings. The quantitative estimate of drug-likeness (QED) is 0.810. The van der Waals surface area contributed by atoms with Crippen LogP contribution in [0.4, 0.5) is 11.4 Å². The molecule has 1 N–H and O–H groups in total. The van der Waals surface area contributed by atoms with Crippen LogP contribution in [0.25, 0.3) is 0 Å². The maximum atomic E-state index is 12.3. The van der Waals surface area contributed by atoms with Gasteiger partial charge in [0.2, 0.25) is 5.91 Å². The maximum Gasteiger partial charge on any atom is 0.313 e. The van der Waals surface area contributed by atoms with Gasteiger partial charge in [-0.3, -0.25) is 14.4 Å². The molecule has 0 spiro atoms. The van der Waals surface area contributed by atoms with Gasteiger partial charge < -0.3 is 20.0 Å². The molecule has 2 aliphatic rings. The molecule has 2 heterocycles. The fourth-order valence-electron chi connectivity index (χ4n) is 3.31. The number of anilines is 2. The molecule has 3 rings (SSSR count). The molecule has 2 saturated heterocycles. The van der Waals surface area contributed by atoms with Crippen molar-refractivity contribution in [1.29, 1.82) is 0 Å². The van der Waals surface area contributed by atoms with Gasteiger partial charge in [-0.15, -0.1) is 0 Å². The lowest BCUT2D eigenvalue weighted by atomic mass is 10.2. The Labute approximate surface area is 147 Å². The molecule has 7 nitrogen and oxygen atoms in total. The number of piperazine rings is 1. The van der Waals surface area contributed by atoms with Crippen LogP contribution in [0.5, 0.6) is 0 Å². The summed E-state index contributed by atoms with van der Waals surface area (Å²) in [5.41, 5.74) is 1.70. The molecule has 0 bridgehead atoms. The maximum absolute atomic E-state index is 12.3. The number of nitrogens with zero attached hydrogens (tertiary/aromatic N) is 3. The first-order valence-corrected chi connectivity index (χ1v) is 8.75. The number of benzene rings is 1. The molecule has 0 saturated carbocycles. The summed E-state index contributed by atoms with van der Waals surface area (Å²) in [7, 11) is 0. The van der Waals surface area contributed by atoms with Crippen LogP contribution in [0.2, 0.25) is 0 Å². The largest absolute Gasteiger partial charge is 0.371 e. The minimum Gasteiger partial charge on any atom is -0.371 e. The summed E-state index contributed by atoms with van der Waals surface area (Å²) >= 11 is 0. The van der Waals surface area contributed by atoms with Crippen LogP contribution in [0.1, 0.15) is 19.8 Å². The summed E-state index contributed by atoms with van der Waals surface area (Å²) in [6.45, 7) is 5.28. The second-order valence-electron chi connectivity index (χ2n) is 6.50. The highest BCUT2D eigenvalue weighted by Gasteiger charge is 2.27. The fraction of sp³-hybridized carbons (Fsp3) is 0.500. The Hall–Kier alpha value is -2.57. The van der Waals surface area contributed by atoms with Crippen molar-refractivity contribution in [3.63, 3.8) is 0 Å². The predicted molar refractivity (Wildman–Crippen MR) is 95.4 cm³/mol. The van der Waals surface area contributed by atoms with Crippen LogP contribution in [-0.2, 0) is 14.4 Å². The number of amides is 3. The van der Waals surface area contributed by atoms with Crippen molar-refractivity contribution in [3.05, 3.63) is 24.3 Å². The van der Waals surface area contributed by atoms with Gasteiger partial charge in [0.1, 0.15) is 0 Å². The summed E-state index contributed by atoms with van der Waals surface area (Å²) in [6.07, 6.45) is 2.36. The Kier molecular flexibility index (Phi) is 5.21. The summed E-state index contributed by atoms with van der Waals surface area (Å²) in [5.74, 6) is -1.18. The van der Waals surface area contributed by atoms with Crippen LogP contribution in [0.3, 0.4) is 0 Å². The van der Waals surface area contributed by atoms with E-state index in [1.165, 1.54) is 24.7 Å². The Morgan fingerprint density at radius 3 is 2.20 bits per heavy atom. The first-order chi connectivity index (χ1) is 12.0. The van der Waals surface area contributed by atoms with E-state index in [2.05, 4.69) is 10.2 Å². The number of nitrogens with one attached hydrogen (secondary N) is 1. The highest BCUT2D eigenvalue weighted by atomic mass is 16.2. The minimum absolute atomic E-state index is 0.00437. The van der Waals surface area contributed by atoms with Gasteiger partial charge in [0.05, 0.1) is 0 Å². The lowest BCUT2D eigenvalue weighted by Gasteiger charge is -2.33. The zero-order valence-electron chi connectivity index (χ0n) is 14.5. The van der Waals surface area contributed by atoms with Gasteiger partial charge in [-0.1, -0.05) is 6.07 Å². The van der Waals surface area contributed by atoms with E-state index in [0.29, 0.717) is 31.9 Å². The van der Waals surface area contributed by atoms with Gasteiger partial charge in [0.25, 0.3) is 0 Å². The monoisotopic (exact) mass is 344 g/mol. The first-order valence-electron chi connectivity index (χ1n) is 8.75. The third-order valence-corrected chi connectivity index (χ3v) is 4.78. The van der Waals surface area contributed by atoms with E-state index in [0.717, 1.165) is 18.8 Å². The fourth-order valence-corrected chi connectivity index (χ4v) is 3.31. The second kappa shape index (κ2) is 7.55. The molecule has 2 fully saturated rings. The molecule has 0 radical (unpaired) electrons. The van der Waals surface area contributed by atoms with Crippen LogP contribution >= 0.6 is 0 Å². The van der Waals surface area contributed by atoms with Gasteiger partial charge in [0, 0.05) is 57.6 Å². The molecular formula is C18H24N4O3. The molecule has 0 aromatic heterocycles. The standard InChI is InChI=1S/C18H24N4O3/c1-14(23)20-9-11-22(12-10-20)18(25)17(24)19-15-5-4-6-16(13-15)21-7-2-3-8-21/h4-6,13H,2-3,7-12H2,1H3,(H,19,24). The van der Waals surface area contributed by atoms with Crippen molar-refractivity contribution in [3.8, 4) is 0 Å². The molecular weight excluding hydrogens is 320 g/mol. The molecule has 1 aromatic carbocycles. The molecule has 7 heteroatoms. The lowest BCUT2D eigenvalue weighted by molar-refractivity contribution is -0.145. The van der Waals surface area contributed by atoms with Gasteiger partial charge in [-0.2, -0.15) is 0 Å². The van der Waals surface area contributed by atoms with Crippen molar-refractivity contribution in [2.24, 2.45) is 0 Å². The summed E-state index contributed by atoms with van der Waals surface area (Å²) in [4.78, 5) is 41.4. The number of carbonyl (C=O) groups excluding carboxylic acids is 3. The number of hydrogen-bond donors (Lipinski definition) is 1. The Morgan fingerprint density at radius 1 is 0.920 bits per heavy atom. The second-order valence-corrected chi connectivity index (χ2v) is 6.50. The van der Waals surface area contributed by atoms with E-state index in [4.69, 9.17) is 0 Å². The molecule has 25 heavy (non-hydrogen) atoms. The third kappa shape index (κ3) is 4.10. The zero-order valence-corrected chi connectivity index (χ0v) is 14.5. The van der Waals surface area contributed by atoms with Gasteiger partial charge in [-0.25, -0.2) is 0 Å². The highest BCUT2D eigenvalue weighted by molar-refractivity contribution is 6.39. The smallest absolute Gasteiger partial charge is 0.313 e. The van der Waals surface area contributed by atoms with Crippen molar-refractivity contribution >= 4 is 29.1 Å². The van der Waals surface area contributed by atoms with E-state index in [1.54, 1.807) is 11.0 Å². The Balaban J connectivity index is 1.57. The van der Waals surface area contributed by atoms with E-state index >= 15 is 0 Å². The molecule has 2 aliphatic heterocycles. The number of hydrogen-bond acceptors (Lipinski definition) is 4. The number of carbonyl (C=O) groups is 3. The third-order valence-electron chi connectivity index (χ3n) is 4.78. The van der Waals surface area contributed by atoms with Gasteiger partial charge in [0.15, 0.2) is 0 Å². The molecule has 3 amide bonds. The summed E-state index contributed by atoms with van der Waals surface area (Å²) in [5, 5.41) is 2.70. The van der Waals surface area contributed by atoms with Crippen LogP contribution in [0, 0.1) is 0 Å². The normalized spacial score (nSPS) is 17.6. The summed E-state index contributed by atoms with van der Waals surface area (Å²) < 4.78 is 0. The SMILES string of the molecule is CC(=O)N1CCN(C(=O)C(=O)Nc2cccc(N3CCCC3)c2)CC1. The van der Waals surface area contributed by atoms with Crippen LogP contribution < -0.4 is 10.2 Å². The Morgan fingerprint density at radius 2 is 1.56 bits per heavy atom. The van der Waals surface area contributed by atoms with Gasteiger partial charge in [-0.05, 0) is 31.0 Å². The summed E-state index contributed by atoms with van der Waals surface area (Å²) in [6, 6.07) is 7.60. The van der Waals surface area contributed by atoms with E-state index in [-0.39, 0.29) is 5.91 Å². The van der Waals surface area contributed by atoms with Crippen molar-refractivity contribution in [1.82, 2.24) is 9.80 Å². The molecule has 0 atom stereocenters. The minimum atomic E-state index is -0.630. The average Bonchev–Trinajstić information content (AvgIpc) is 3.16. The van der Waals surface area contributed by atoms with Crippen LogP contribution in [-0.4, -0.2) is 66.8 Å². The average molecular weight is 344 g/mol. The zero-order chi connectivity index (χ0) is 17.8. The van der Waals surface area contributed by atoms with Gasteiger partial charge >= 0.3 is 11.8 Å². The molecule has 0 unspecified atom stereocenters.